The summed E-state index contributed by atoms with van der Waals surface area (Å²) in [4.78, 5) is 14.3. The second-order valence-electron chi connectivity index (χ2n) is 7.02. The lowest BCUT2D eigenvalue weighted by Gasteiger charge is -2.34. The van der Waals surface area contributed by atoms with E-state index in [1.54, 1.807) is 7.11 Å². The molecule has 2 N–H and O–H groups in total. The first-order valence-corrected chi connectivity index (χ1v) is 8.67. The highest BCUT2D eigenvalue weighted by atomic mass is 16.5. The molecule has 1 aromatic rings. The summed E-state index contributed by atoms with van der Waals surface area (Å²) < 4.78 is 5.43. The molecule has 2 rings (SSSR count). The second-order valence-corrected chi connectivity index (χ2v) is 7.02. The molecule has 1 amide bonds. The summed E-state index contributed by atoms with van der Waals surface area (Å²) in [5.41, 5.74) is 7.30. The lowest BCUT2D eigenvalue weighted by Crippen LogP contribution is -2.47. The molecule has 1 saturated heterocycles. The third kappa shape index (κ3) is 4.96. The van der Waals surface area contributed by atoms with Gasteiger partial charge in [0.15, 0.2) is 0 Å². The van der Waals surface area contributed by atoms with Crippen LogP contribution in [0.3, 0.4) is 0 Å². The normalized spacial score (nSPS) is 17.3. The van der Waals surface area contributed by atoms with Crippen LogP contribution in [0.25, 0.3) is 0 Å². The Morgan fingerprint density at radius 2 is 1.96 bits per heavy atom. The maximum Gasteiger partial charge on any atom is 0.239 e. The zero-order valence-electron chi connectivity index (χ0n) is 14.6. The number of methoxy groups -OCH3 is 1. The minimum Gasteiger partial charge on any atom is -0.496 e. The summed E-state index contributed by atoms with van der Waals surface area (Å²) in [5, 5.41) is 0. The van der Waals surface area contributed by atoms with Gasteiger partial charge in [-0.15, -0.1) is 0 Å². The Balaban J connectivity index is 1.85. The van der Waals surface area contributed by atoms with Gasteiger partial charge >= 0.3 is 0 Å². The number of benzene rings is 1. The van der Waals surface area contributed by atoms with Crippen molar-refractivity contribution in [1.29, 1.82) is 0 Å². The molecule has 1 heterocycles. The molecule has 1 aliphatic heterocycles. The van der Waals surface area contributed by atoms with Crippen LogP contribution in [0, 0.1) is 11.8 Å². The smallest absolute Gasteiger partial charge is 0.239 e. The first-order chi connectivity index (χ1) is 11.0. The van der Waals surface area contributed by atoms with Gasteiger partial charge in [-0.1, -0.05) is 32.0 Å². The summed E-state index contributed by atoms with van der Waals surface area (Å²) in [6.07, 6.45) is 3.86. The van der Waals surface area contributed by atoms with Gasteiger partial charge in [0.25, 0.3) is 0 Å². The molecule has 23 heavy (non-hydrogen) atoms. The van der Waals surface area contributed by atoms with E-state index in [1.165, 1.54) is 5.56 Å². The Hall–Kier alpha value is -1.55. The van der Waals surface area contributed by atoms with Gasteiger partial charge in [-0.25, -0.2) is 0 Å². The molecule has 0 aromatic heterocycles. The summed E-state index contributed by atoms with van der Waals surface area (Å²) in [5.74, 6) is 2.15. The van der Waals surface area contributed by atoms with E-state index in [9.17, 15) is 4.79 Å². The van der Waals surface area contributed by atoms with Gasteiger partial charge in [0.2, 0.25) is 5.91 Å². The highest BCUT2D eigenvalue weighted by Gasteiger charge is 2.27. The predicted octanol–water partition coefficient (Wildman–Crippen LogP) is 2.85. The van der Waals surface area contributed by atoms with Crippen molar-refractivity contribution in [2.45, 2.75) is 45.6 Å². The van der Waals surface area contributed by atoms with Gasteiger partial charge in [-0.05, 0) is 49.1 Å². The third-order valence-corrected chi connectivity index (χ3v) is 4.67. The monoisotopic (exact) mass is 318 g/mol. The molecule has 1 aromatic carbocycles. The summed E-state index contributed by atoms with van der Waals surface area (Å²) >= 11 is 0. The van der Waals surface area contributed by atoms with E-state index in [1.807, 2.05) is 17.0 Å². The van der Waals surface area contributed by atoms with Crippen molar-refractivity contribution in [1.82, 2.24) is 4.90 Å². The number of hydrogen-bond acceptors (Lipinski definition) is 3. The standard InChI is InChI=1S/C19H30N2O2/c1-14(2)12-17(20)19(22)21-10-8-15(9-11-21)13-16-6-4-5-7-18(16)23-3/h4-7,14-15,17H,8-13,20H2,1-3H3/t17-/m0/s1. The number of rotatable bonds is 6. The largest absolute Gasteiger partial charge is 0.496 e. The van der Waals surface area contributed by atoms with E-state index in [0.717, 1.165) is 44.5 Å². The Kier molecular flexibility index (Phi) is 6.46. The summed E-state index contributed by atoms with van der Waals surface area (Å²) in [6.45, 7) is 5.86. The third-order valence-electron chi connectivity index (χ3n) is 4.67. The zero-order valence-corrected chi connectivity index (χ0v) is 14.6. The summed E-state index contributed by atoms with van der Waals surface area (Å²) in [7, 11) is 1.72. The fourth-order valence-electron chi connectivity index (χ4n) is 3.38. The van der Waals surface area contributed by atoms with Crippen molar-refractivity contribution >= 4 is 5.91 Å². The number of hydrogen-bond donors (Lipinski definition) is 1. The molecule has 0 unspecified atom stereocenters. The summed E-state index contributed by atoms with van der Waals surface area (Å²) in [6, 6.07) is 7.86. The SMILES string of the molecule is COc1ccccc1CC1CCN(C(=O)[C@@H](N)CC(C)C)CC1. The van der Waals surface area contributed by atoms with Gasteiger partial charge in [-0.3, -0.25) is 4.79 Å². The topological polar surface area (TPSA) is 55.6 Å². The second kappa shape index (κ2) is 8.34. The molecule has 1 atom stereocenters. The van der Waals surface area contributed by atoms with Gasteiger partial charge in [-0.2, -0.15) is 0 Å². The van der Waals surface area contributed by atoms with E-state index in [4.69, 9.17) is 10.5 Å². The van der Waals surface area contributed by atoms with Crippen LogP contribution in [-0.2, 0) is 11.2 Å². The van der Waals surface area contributed by atoms with Crippen molar-refractivity contribution in [3.05, 3.63) is 29.8 Å². The molecule has 1 aliphatic rings. The average molecular weight is 318 g/mol. The molecule has 0 radical (unpaired) electrons. The van der Waals surface area contributed by atoms with Gasteiger partial charge in [0.05, 0.1) is 13.2 Å². The van der Waals surface area contributed by atoms with Crippen LogP contribution in [0.5, 0.6) is 5.75 Å². The van der Waals surface area contributed by atoms with E-state index in [0.29, 0.717) is 11.8 Å². The lowest BCUT2D eigenvalue weighted by molar-refractivity contribution is -0.134. The number of carbonyl (C=O) groups is 1. The van der Waals surface area contributed by atoms with Gasteiger partial charge in [0.1, 0.15) is 5.75 Å². The van der Waals surface area contributed by atoms with E-state index in [-0.39, 0.29) is 11.9 Å². The van der Waals surface area contributed by atoms with Crippen LogP contribution in [0.2, 0.25) is 0 Å². The Labute approximate surface area is 140 Å². The first kappa shape index (κ1) is 17.8. The molecule has 1 fully saturated rings. The Bertz CT molecular complexity index is 508. The highest BCUT2D eigenvalue weighted by molar-refractivity contribution is 5.81. The molecular weight excluding hydrogens is 288 g/mol. The Morgan fingerprint density at radius 1 is 1.30 bits per heavy atom. The minimum atomic E-state index is -0.347. The minimum absolute atomic E-state index is 0.120. The van der Waals surface area contributed by atoms with Crippen LogP contribution in [-0.4, -0.2) is 37.0 Å². The number of nitrogens with two attached hydrogens (primary N) is 1. The molecule has 0 spiro atoms. The number of carbonyl (C=O) groups excluding carboxylic acids is 1. The lowest BCUT2D eigenvalue weighted by atomic mass is 9.89. The van der Waals surface area contributed by atoms with Crippen LogP contribution in [0.1, 0.15) is 38.7 Å². The van der Waals surface area contributed by atoms with Crippen molar-refractivity contribution in [3.8, 4) is 5.75 Å². The number of nitrogens with zero attached hydrogens (tertiary/aromatic N) is 1. The number of ether oxygens (including phenoxy) is 1. The molecule has 0 saturated carbocycles. The van der Waals surface area contributed by atoms with E-state index < -0.39 is 0 Å². The number of likely N-dealkylation sites (tertiary alicyclic amines) is 1. The van der Waals surface area contributed by atoms with Crippen LogP contribution in [0.15, 0.2) is 24.3 Å². The van der Waals surface area contributed by atoms with Crippen molar-refractivity contribution in [3.63, 3.8) is 0 Å². The quantitative estimate of drug-likeness (QED) is 0.877. The predicted molar refractivity (Wildman–Crippen MR) is 93.4 cm³/mol. The van der Waals surface area contributed by atoms with Crippen molar-refractivity contribution in [2.75, 3.05) is 20.2 Å². The fourth-order valence-corrected chi connectivity index (χ4v) is 3.38. The van der Waals surface area contributed by atoms with Crippen molar-refractivity contribution < 1.29 is 9.53 Å². The number of amides is 1. The van der Waals surface area contributed by atoms with Gasteiger partial charge in [0, 0.05) is 13.1 Å². The zero-order chi connectivity index (χ0) is 16.8. The molecular formula is C19H30N2O2. The van der Waals surface area contributed by atoms with E-state index >= 15 is 0 Å². The van der Waals surface area contributed by atoms with Crippen LogP contribution in [0.4, 0.5) is 0 Å². The maximum atomic E-state index is 12.4. The van der Waals surface area contributed by atoms with Crippen LogP contribution >= 0.6 is 0 Å². The van der Waals surface area contributed by atoms with E-state index in [2.05, 4.69) is 26.0 Å². The first-order valence-electron chi connectivity index (χ1n) is 8.67. The Morgan fingerprint density at radius 3 is 2.57 bits per heavy atom. The molecule has 0 aliphatic carbocycles. The van der Waals surface area contributed by atoms with Crippen molar-refractivity contribution in [2.24, 2.45) is 17.6 Å². The molecule has 4 nitrogen and oxygen atoms in total. The number of piperidine rings is 1. The average Bonchev–Trinajstić information content (AvgIpc) is 2.55. The van der Waals surface area contributed by atoms with Gasteiger partial charge < -0.3 is 15.4 Å². The number of para-hydroxylation sites is 1. The van der Waals surface area contributed by atoms with Crippen LogP contribution < -0.4 is 10.5 Å². The molecule has 128 valence electrons. The molecule has 4 heteroatoms. The highest BCUT2D eigenvalue weighted by Crippen LogP contribution is 2.27. The fraction of sp³-hybridized carbons (Fsp3) is 0.632. The molecule has 0 bridgehead atoms. The maximum absolute atomic E-state index is 12.4.